The van der Waals surface area contributed by atoms with Crippen molar-refractivity contribution in [3.8, 4) is 0 Å². The molecule has 148 valence electrons. The van der Waals surface area contributed by atoms with Gasteiger partial charge in [-0.3, -0.25) is 4.68 Å². The van der Waals surface area contributed by atoms with Gasteiger partial charge in [0.15, 0.2) is 0 Å². The van der Waals surface area contributed by atoms with E-state index in [1.807, 2.05) is 23.1 Å². The summed E-state index contributed by atoms with van der Waals surface area (Å²) in [6, 6.07) is 11.2. The van der Waals surface area contributed by atoms with Gasteiger partial charge in [-0.2, -0.15) is 15.1 Å². The van der Waals surface area contributed by atoms with Crippen LogP contribution < -0.4 is 10.6 Å². The van der Waals surface area contributed by atoms with Crippen LogP contribution in [0.2, 0.25) is 0 Å². The lowest BCUT2D eigenvalue weighted by Crippen LogP contribution is -2.10. The number of aryl methyl sites for hydroxylation is 1. The molecule has 0 bridgehead atoms. The smallest absolute Gasteiger partial charge is 0.231 e. The first kappa shape index (κ1) is 17.7. The molecule has 0 amide bonds. The third kappa shape index (κ3) is 3.12. The highest BCUT2D eigenvalue weighted by Gasteiger charge is 2.23. The van der Waals surface area contributed by atoms with Gasteiger partial charge < -0.3 is 15.6 Å². The summed E-state index contributed by atoms with van der Waals surface area (Å²) in [6.45, 7) is 6.29. The number of nitrogens with one attached hydrogen (secondary N) is 3. The van der Waals surface area contributed by atoms with Gasteiger partial charge in [-0.15, -0.1) is 0 Å². The Morgan fingerprint density at radius 1 is 1.17 bits per heavy atom. The molecule has 5 rings (SSSR count). The summed E-state index contributed by atoms with van der Waals surface area (Å²) < 4.78 is 1.99. The van der Waals surface area contributed by atoms with Gasteiger partial charge in [-0.25, -0.2) is 0 Å². The minimum Gasteiger partial charge on any atom is -0.363 e. The SMILES string of the molecule is Cc1c(Nc2nc(NC3CCc4ccccc43)c3cc[nH]c3n2)cnn1C(C)C. The number of benzene rings is 1. The van der Waals surface area contributed by atoms with Crippen molar-refractivity contribution in [3.05, 3.63) is 59.5 Å². The van der Waals surface area contributed by atoms with Crippen LogP contribution in [0.3, 0.4) is 0 Å². The summed E-state index contributed by atoms with van der Waals surface area (Å²) >= 11 is 0. The highest BCUT2D eigenvalue weighted by atomic mass is 15.3. The van der Waals surface area contributed by atoms with Gasteiger partial charge in [0.1, 0.15) is 11.5 Å². The zero-order valence-electron chi connectivity index (χ0n) is 16.9. The minimum absolute atomic E-state index is 0.262. The lowest BCUT2D eigenvalue weighted by molar-refractivity contribution is 0.519. The van der Waals surface area contributed by atoms with Gasteiger partial charge in [0, 0.05) is 12.2 Å². The largest absolute Gasteiger partial charge is 0.363 e. The Morgan fingerprint density at radius 2 is 2.03 bits per heavy atom. The maximum Gasteiger partial charge on any atom is 0.231 e. The van der Waals surface area contributed by atoms with Crippen molar-refractivity contribution >= 4 is 28.5 Å². The van der Waals surface area contributed by atoms with E-state index in [2.05, 4.69) is 70.7 Å². The van der Waals surface area contributed by atoms with Crippen molar-refractivity contribution in [1.29, 1.82) is 0 Å². The highest BCUT2D eigenvalue weighted by Crippen LogP contribution is 2.35. The molecular formula is C22H25N7. The molecule has 0 radical (unpaired) electrons. The fraction of sp³-hybridized carbons (Fsp3) is 0.318. The van der Waals surface area contributed by atoms with Crippen LogP contribution in [0.5, 0.6) is 0 Å². The summed E-state index contributed by atoms with van der Waals surface area (Å²) in [5, 5.41) is 12.5. The number of rotatable bonds is 5. The van der Waals surface area contributed by atoms with E-state index in [9.17, 15) is 0 Å². The van der Waals surface area contributed by atoms with Crippen LogP contribution in [0.1, 0.15) is 49.2 Å². The summed E-state index contributed by atoms with van der Waals surface area (Å²) in [4.78, 5) is 12.7. The summed E-state index contributed by atoms with van der Waals surface area (Å²) in [5.41, 5.74) is 5.57. The van der Waals surface area contributed by atoms with Crippen LogP contribution >= 0.6 is 0 Å². The Labute approximate surface area is 169 Å². The third-order valence-electron chi connectivity index (χ3n) is 5.64. The zero-order chi connectivity index (χ0) is 20.0. The molecule has 0 saturated carbocycles. The molecule has 1 aromatic carbocycles. The molecule has 0 fully saturated rings. The molecule has 7 nitrogen and oxygen atoms in total. The summed E-state index contributed by atoms with van der Waals surface area (Å²) in [7, 11) is 0. The predicted molar refractivity (Wildman–Crippen MR) is 116 cm³/mol. The van der Waals surface area contributed by atoms with E-state index in [1.165, 1.54) is 11.1 Å². The molecule has 1 unspecified atom stereocenters. The maximum absolute atomic E-state index is 4.81. The van der Waals surface area contributed by atoms with Gasteiger partial charge in [-0.05, 0) is 50.8 Å². The molecule has 1 aliphatic carbocycles. The fourth-order valence-corrected chi connectivity index (χ4v) is 4.17. The van der Waals surface area contributed by atoms with Crippen molar-refractivity contribution in [2.24, 2.45) is 0 Å². The lowest BCUT2D eigenvalue weighted by Gasteiger charge is -2.16. The Kier molecular flexibility index (Phi) is 4.23. The van der Waals surface area contributed by atoms with Crippen molar-refractivity contribution in [3.63, 3.8) is 0 Å². The Hall–Kier alpha value is -3.35. The van der Waals surface area contributed by atoms with E-state index < -0.39 is 0 Å². The van der Waals surface area contributed by atoms with Crippen LogP contribution in [0.25, 0.3) is 11.0 Å². The number of aromatic amines is 1. The number of hydrogen-bond donors (Lipinski definition) is 3. The van der Waals surface area contributed by atoms with Crippen LogP contribution in [-0.4, -0.2) is 24.7 Å². The molecule has 0 saturated heterocycles. The zero-order valence-corrected chi connectivity index (χ0v) is 16.9. The van der Waals surface area contributed by atoms with E-state index in [0.717, 1.165) is 41.1 Å². The average molecular weight is 387 g/mol. The molecule has 3 aromatic heterocycles. The molecule has 4 aromatic rings. The molecular weight excluding hydrogens is 362 g/mol. The first-order chi connectivity index (χ1) is 14.1. The molecule has 1 atom stereocenters. The molecule has 3 N–H and O–H groups in total. The minimum atomic E-state index is 0.262. The molecule has 3 heterocycles. The number of anilines is 3. The van der Waals surface area contributed by atoms with Crippen LogP contribution in [0, 0.1) is 6.92 Å². The van der Waals surface area contributed by atoms with Crippen molar-refractivity contribution < 1.29 is 0 Å². The fourth-order valence-electron chi connectivity index (χ4n) is 4.17. The van der Waals surface area contributed by atoms with Crippen molar-refractivity contribution in [2.45, 2.75) is 45.7 Å². The second-order valence-electron chi connectivity index (χ2n) is 7.88. The maximum atomic E-state index is 4.81. The Balaban J connectivity index is 1.48. The monoisotopic (exact) mass is 387 g/mol. The average Bonchev–Trinajstić information content (AvgIpc) is 3.42. The lowest BCUT2D eigenvalue weighted by atomic mass is 10.1. The molecule has 0 spiro atoms. The molecule has 7 heteroatoms. The summed E-state index contributed by atoms with van der Waals surface area (Å²) in [5.74, 6) is 1.40. The van der Waals surface area contributed by atoms with Crippen molar-refractivity contribution in [2.75, 3.05) is 10.6 Å². The van der Waals surface area contributed by atoms with Crippen molar-refractivity contribution in [1.82, 2.24) is 24.7 Å². The van der Waals surface area contributed by atoms with E-state index in [1.54, 1.807) is 0 Å². The van der Waals surface area contributed by atoms with Gasteiger partial charge in [0.05, 0.1) is 29.0 Å². The second-order valence-corrected chi connectivity index (χ2v) is 7.88. The Morgan fingerprint density at radius 3 is 2.86 bits per heavy atom. The number of fused-ring (bicyclic) bond motifs is 2. The number of H-pyrrole nitrogens is 1. The van der Waals surface area contributed by atoms with E-state index in [-0.39, 0.29) is 6.04 Å². The van der Waals surface area contributed by atoms with E-state index in [0.29, 0.717) is 12.0 Å². The van der Waals surface area contributed by atoms with Gasteiger partial charge in [-0.1, -0.05) is 24.3 Å². The molecule has 1 aliphatic rings. The van der Waals surface area contributed by atoms with E-state index >= 15 is 0 Å². The van der Waals surface area contributed by atoms with Crippen LogP contribution in [0.15, 0.2) is 42.7 Å². The predicted octanol–water partition coefficient (Wildman–Crippen LogP) is 4.89. The Bertz CT molecular complexity index is 1170. The number of aromatic nitrogens is 5. The van der Waals surface area contributed by atoms with Gasteiger partial charge in [0.2, 0.25) is 5.95 Å². The van der Waals surface area contributed by atoms with Crippen LogP contribution in [0.4, 0.5) is 17.5 Å². The number of hydrogen-bond acceptors (Lipinski definition) is 5. The standard InChI is InChI=1S/C22H25N7/c1-13(2)29-14(3)19(12-24-29)26-22-27-20-17(10-11-23-20)21(28-22)25-18-9-8-15-6-4-5-7-16(15)18/h4-7,10-13,18H,8-9H2,1-3H3,(H3,23,25,26,27,28). The molecule has 29 heavy (non-hydrogen) atoms. The number of nitrogens with zero attached hydrogens (tertiary/aromatic N) is 4. The van der Waals surface area contributed by atoms with Gasteiger partial charge in [0.25, 0.3) is 0 Å². The quantitative estimate of drug-likeness (QED) is 0.454. The van der Waals surface area contributed by atoms with E-state index in [4.69, 9.17) is 4.98 Å². The van der Waals surface area contributed by atoms with Gasteiger partial charge >= 0.3 is 0 Å². The molecule has 0 aliphatic heterocycles. The normalized spacial score (nSPS) is 15.8. The second kappa shape index (κ2) is 6.92. The summed E-state index contributed by atoms with van der Waals surface area (Å²) in [6.07, 6.45) is 5.89. The third-order valence-corrected chi connectivity index (χ3v) is 5.64. The topological polar surface area (TPSA) is 83.4 Å². The highest BCUT2D eigenvalue weighted by molar-refractivity contribution is 5.88. The first-order valence-corrected chi connectivity index (χ1v) is 10.1. The first-order valence-electron chi connectivity index (χ1n) is 10.1. The van der Waals surface area contributed by atoms with Crippen LogP contribution in [-0.2, 0) is 6.42 Å².